The normalized spacial score (nSPS) is 11.5. The van der Waals surface area contributed by atoms with Gasteiger partial charge in [0.05, 0.1) is 7.11 Å². The van der Waals surface area contributed by atoms with Crippen molar-refractivity contribution in [2.24, 2.45) is 0 Å². The zero-order chi connectivity index (χ0) is 17.7. The first kappa shape index (κ1) is 21.1. The van der Waals surface area contributed by atoms with Crippen LogP contribution in [-0.4, -0.2) is 15.4 Å². The second-order valence-electron chi connectivity index (χ2n) is 7.47. The van der Waals surface area contributed by atoms with Crippen LogP contribution in [0, 0.1) is 0 Å². The van der Waals surface area contributed by atoms with Crippen LogP contribution in [0.5, 0.6) is 11.5 Å². The molecule has 1 aromatic rings. The van der Waals surface area contributed by atoms with Crippen molar-refractivity contribution in [2.45, 2.75) is 90.3 Å². The highest BCUT2D eigenvalue weighted by molar-refractivity contribution is 6.71. The van der Waals surface area contributed by atoms with Crippen LogP contribution in [0.15, 0.2) is 24.3 Å². The monoisotopic (exact) mass is 350 g/mol. The van der Waals surface area contributed by atoms with Crippen LogP contribution in [0.3, 0.4) is 0 Å². The first-order valence-electron chi connectivity index (χ1n) is 9.90. The van der Waals surface area contributed by atoms with Crippen LogP contribution in [0.2, 0.25) is 19.1 Å². The Balaban J connectivity index is 2.08. The Bertz CT molecular complexity index is 414. The molecule has 2 nitrogen and oxygen atoms in total. The van der Waals surface area contributed by atoms with Crippen LogP contribution in [0.4, 0.5) is 0 Å². The summed E-state index contributed by atoms with van der Waals surface area (Å²) >= 11 is 0. The molecule has 0 aliphatic carbocycles. The summed E-state index contributed by atoms with van der Waals surface area (Å²) < 4.78 is 11.5. The van der Waals surface area contributed by atoms with E-state index in [0.29, 0.717) is 0 Å². The van der Waals surface area contributed by atoms with Gasteiger partial charge in [-0.2, -0.15) is 0 Å². The van der Waals surface area contributed by atoms with Gasteiger partial charge in [0.1, 0.15) is 11.5 Å². The van der Waals surface area contributed by atoms with Gasteiger partial charge >= 0.3 is 0 Å². The van der Waals surface area contributed by atoms with E-state index < -0.39 is 8.32 Å². The molecule has 0 fully saturated rings. The summed E-state index contributed by atoms with van der Waals surface area (Å²) in [7, 11) is 0.0913. The third-order valence-corrected chi connectivity index (χ3v) is 6.93. The molecule has 0 aromatic heterocycles. The minimum absolute atomic E-state index is 0.886. The lowest BCUT2D eigenvalue weighted by atomic mass is 10.1. The van der Waals surface area contributed by atoms with E-state index in [0.717, 1.165) is 11.5 Å². The van der Waals surface area contributed by atoms with E-state index in [4.69, 9.17) is 9.16 Å². The summed E-state index contributed by atoms with van der Waals surface area (Å²) in [5.41, 5.74) is 0. The maximum atomic E-state index is 6.27. The van der Waals surface area contributed by atoms with Gasteiger partial charge in [-0.15, -0.1) is 0 Å². The topological polar surface area (TPSA) is 18.5 Å². The molecular formula is C21H38O2Si. The molecule has 0 radical (unpaired) electrons. The molecule has 1 rings (SSSR count). The van der Waals surface area contributed by atoms with Gasteiger partial charge in [-0.05, 0) is 43.4 Å². The summed E-state index contributed by atoms with van der Waals surface area (Å²) in [4.78, 5) is 0. The second-order valence-corrected chi connectivity index (χ2v) is 11.7. The highest BCUT2D eigenvalue weighted by Gasteiger charge is 2.23. The van der Waals surface area contributed by atoms with Crippen molar-refractivity contribution < 1.29 is 9.16 Å². The average molecular weight is 351 g/mol. The number of rotatable bonds is 14. The maximum absolute atomic E-state index is 6.27. The zero-order valence-corrected chi connectivity index (χ0v) is 17.4. The molecule has 1 aromatic carbocycles. The van der Waals surface area contributed by atoms with Gasteiger partial charge < -0.3 is 9.16 Å². The molecular weight excluding hydrogens is 312 g/mol. The molecule has 0 aliphatic rings. The van der Waals surface area contributed by atoms with Gasteiger partial charge in [0.15, 0.2) is 0 Å². The quantitative estimate of drug-likeness (QED) is 0.261. The van der Waals surface area contributed by atoms with Gasteiger partial charge in [0, 0.05) is 0 Å². The molecule has 138 valence electrons. The van der Waals surface area contributed by atoms with Gasteiger partial charge in [0.2, 0.25) is 8.32 Å². The van der Waals surface area contributed by atoms with Crippen molar-refractivity contribution in [1.82, 2.24) is 0 Å². The van der Waals surface area contributed by atoms with E-state index in [1.807, 2.05) is 24.3 Å². The number of hydrogen-bond donors (Lipinski definition) is 0. The van der Waals surface area contributed by atoms with Crippen molar-refractivity contribution in [3.63, 3.8) is 0 Å². The molecule has 0 saturated carbocycles. The van der Waals surface area contributed by atoms with Crippen LogP contribution < -0.4 is 9.16 Å². The predicted octanol–water partition coefficient (Wildman–Crippen LogP) is 7.20. The average Bonchev–Trinajstić information content (AvgIpc) is 2.57. The fraction of sp³-hybridized carbons (Fsp3) is 0.714. The lowest BCUT2D eigenvalue weighted by Gasteiger charge is -2.24. The Morgan fingerprint density at radius 3 is 1.67 bits per heavy atom. The second kappa shape index (κ2) is 12.4. The van der Waals surface area contributed by atoms with Crippen molar-refractivity contribution in [2.75, 3.05) is 7.11 Å². The Morgan fingerprint density at radius 1 is 0.708 bits per heavy atom. The third-order valence-electron chi connectivity index (χ3n) is 4.59. The summed E-state index contributed by atoms with van der Waals surface area (Å²) in [6, 6.07) is 9.23. The molecule has 0 spiro atoms. The lowest BCUT2D eigenvalue weighted by molar-refractivity contribution is 0.414. The maximum Gasteiger partial charge on any atom is 0.245 e. The molecule has 3 heteroatoms. The summed E-state index contributed by atoms with van der Waals surface area (Å²) in [6.45, 7) is 6.93. The van der Waals surface area contributed by atoms with Gasteiger partial charge in [-0.25, -0.2) is 0 Å². The largest absolute Gasteiger partial charge is 0.544 e. The van der Waals surface area contributed by atoms with E-state index in [2.05, 4.69) is 20.0 Å². The molecule has 0 heterocycles. The van der Waals surface area contributed by atoms with E-state index in [1.54, 1.807) is 7.11 Å². The molecule has 0 unspecified atom stereocenters. The summed E-state index contributed by atoms with van der Waals surface area (Å²) in [6.07, 6.45) is 13.9. The number of ether oxygens (including phenoxy) is 1. The van der Waals surface area contributed by atoms with E-state index >= 15 is 0 Å². The standard InChI is InChI=1S/C21H38O2Si/c1-5-6-7-8-9-10-11-12-13-14-19-24(3,4)23-21-17-15-20(22-2)16-18-21/h15-18H,5-14,19H2,1-4H3. The first-order chi connectivity index (χ1) is 11.6. The van der Waals surface area contributed by atoms with Gasteiger partial charge in [-0.1, -0.05) is 71.1 Å². The Labute approximate surface area is 151 Å². The summed E-state index contributed by atoms with van der Waals surface area (Å²) in [5.74, 6) is 1.87. The van der Waals surface area contributed by atoms with E-state index in [9.17, 15) is 0 Å². The van der Waals surface area contributed by atoms with Crippen molar-refractivity contribution in [1.29, 1.82) is 0 Å². The SMILES string of the molecule is CCCCCCCCCCCC[Si](C)(C)Oc1ccc(OC)cc1. The Morgan fingerprint density at radius 2 is 1.17 bits per heavy atom. The van der Waals surface area contributed by atoms with Crippen LogP contribution in [0.1, 0.15) is 71.1 Å². The van der Waals surface area contributed by atoms with Crippen LogP contribution in [0.25, 0.3) is 0 Å². The molecule has 0 atom stereocenters. The van der Waals surface area contributed by atoms with E-state index in [-0.39, 0.29) is 0 Å². The molecule has 0 N–H and O–H groups in total. The minimum atomic E-state index is -1.60. The Hall–Kier alpha value is -0.963. The number of hydrogen-bond acceptors (Lipinski definition) is 2. The lowest BCUT2D eigenvalue weighted by Crippen LogP contribution is -2.33. The number of benzene rings is 1. The van der Waals surface area contributed by atoms with E-state index in [1.165, 1.54) is 70.3 Å². The third kappa shape index (κ3) is 10.0. The Kier molecular flexibility index (Phi) is 10.9. The summed E-state index contributed by atoms with van der Waals surface area (Å²) in [5, 5.41) is 0. The highest BCUT2D eigenvalue weighted by Crippen LogP contribution is 2.24. The van der Waals surface area contributed by atoms with Crippen molar-refractivity contribution in [3.8, 4) is 11.5 Å². The van der Waals surface area contributed by atoms with Crippen molar-refractivity contribution >= 4 is 8.32 Å². The van der Waals surface area contributed by atoms with Crippen molar-refractivity contribution in [3.05, 3.63) is 24.3 Å². The predicted molar refractivity (Wildman–Crippen MR) is 108 cm³/mol. The zero-order valence-electron chi connectivity index (χ0n) is 16.4. The fourth-order valence-electron chi connectivity index (χ4n) is 3.05. The molecule has 0 saturated heterocycles. The molecule has 0 bridgehead atoms. The van der Waals surface area contributed by atoms with Gasteiger partial charge in [-0.3, -0.25) is 0 Å². The molecule has 0 amide bonds. The highest BCUT2D eigenvalue weighted by atomic mass is 28.4. The van der Waals surface area contributed by atoms with Gasteiger partial charge in [0.25, 0.3) is 0 Å². The van der Waals surface area contributed by atoms with Crippen LogP contribution >= 0.6 is 0 Å². The molecule has 0 aliphatic heterocycles. The number of methoxy groups -OCH3 is 1. The fourth-order valence-corrected chi connectivity index (χ4v) is 5.03. The first-order valence-corrected chi connectivity index (χ1v) is 13.0. The number of unbranched alkanes of at least 4 members (excludes halogenated alkanes) is 9. The minimum Gasteiger partial charge on any atom is -0.544 e. The smallest absolute Gasteiger partial charge is 0.245 e. The van der Waals surface area contributed by atoms with Crippen LogP contribution in [-0.2, 0) is 0 Å². The molecule has 24 heavy (non-hydrogen) atoms.